The van der Waals surface area contributed by atoms with Crippen molar-refractivity contribution in [3.8, 4) is 11.5 Å². The topological polar surface area (TPSA) is 18.5 Å². The Morgan fingerprint density at radius 2 is 1.70 bits per heavy atom. The second-order valence-corrected chi connectivity index (χ2v) is 5.41. The van der Waals surface area contributed by atoms with Crippen LogP contribution in [0.15, 0.2) is 36.4 Å². The summed E-state index contributed by atoms with van der Waals surface area (Å²) in [5, 5.41) is 0. The summed E-state index contributed by atoms with van der Waals surface area (Å²) in [5.41, 5.74) is 2.34. The number of hydrogen-bond acceptors (Lipinski definition) is 2. The minimum Gasteiger partial charge on any atom is -0.497 e. The third kappa shape index (κ3) is 2.96. The standard InChI is InChI=1S/C16H16BrFO2/c1-10-4-6-12(14(18)8-10)16(17)13-7-5-11(19-2)9-15(13)20-3/h4-9,16H,1-3H3. The Labute approximate surface area is 126 Å². The maximum absolute atomic E-state index is 14.1. The second kappa shape index (κ2) is 6.27. The molecule has 0 aliphatic heterocycles. The lowest BCUT2D eigenvalue weighted by atomic mass is 10.0. The number of aryl methyl sites for hydroxylation is 1. The molecule has 0 bridgehead atoms. The Kier molecular flexibility index (Phi) is 4.65. The molecule has 0 spiro atoms. The molecule has 20 heavy (non-hydrogen) atoms. The van der Waals surface area contributed by atoms with Crippen LogP contribution in [0.5, 0.6) is 11.5 Å². The first kappa shape index (κ1) is 14.9. The number of benzene rings is 2. The number of rotatable bonds is 4. The predicted molar refractivity (Wildman–Crippen MR) is 81.5 cm³/mol. The van der Waals surface area contributed by atoms with Crippen molar-refractivity contribution in [2.45, 2.75) is 11.8 Å². The zero-order valence-electron chi connectivity index (χ0n) is 11.6. The second-order valence-electron chi connectivity index (χ2n) is 4.50. The van der Waals surface area contributed by atoms with Crippen LogP contribution >= 0.6 is 15.9 Å². The minimum atomic E-state index is -0.274. The summed E-state index contributed by atoms with van der Waals surface area (Å²) in [5.74, 6) is 1.13. The number of ether oxygens (including phenoxy) is 2. The molecular formula is C16H16BrFO2. The molecular weight excluding hydrogens is 323 g/mol. The van der Waals surface area contributed by atoms with E-state index in [2.05, 4.69) is 15.9 Å². The minimum absolute atomic E-state index is 0.232. The molecule has 0 N–H and O–H groups in total. The van der Waals surface area contributed by atoms with Gasteiger partial charge in [0.2, 0.25) is 0 Å². The molecule has 2 nitrogen and oxygen atoms in total. The first-order valence-electron chi connectivity index (χ1n) is 6.19. The summed E-state index contributed by atoms with van der Waals surface area (Å²) in [6.07, 6.45) is 0. The van der Waals surface area contributed by atoms with E-state index in [9.17, 15) is 4.39 Å². The Morgan fingerprint density at radius 1 is 1.00 bits per heavy atom. The van der Waals surface area contributed by atoms with Gasteiger partial charge in [-0.1, -0.05) is 34.1 Å². The molecule has 1 unspecified atom stereocenters. The van der Waals surface area contributed by atoms with Crippen LogP contribution in [-0.2, 0) is 0 Å². The SMILES string of the molecule is COc1ccc(C(Br)c2ccc(C)cc2F)c(OC)c1. The van der Waals surface area contributed by atoms with Crippen LogP contribution in [0, 0.1) is 12.7 Å². The van der Waals surface area contributed by atoms with Gasteiger partial charge in [-0.3, -0.25) is 0 Å². The van der Waals surface area contributed by atoms with E-state index in [4.69, 9.17) is 9.47 Å². The van der Waals surface area contributed by atoms with Crippen LogP contribution < -0.4 is 9.47 Å². The van der Waals surface area contributed by atoms with Gasteiger partial charge in [-0.05, 0) is 24.6 Å². The summed E-state index contributed by atoms with van der Waals surface area (Å²) in [4.78, 5) is -0.274. The summed E-state index contributed by atoms with van der Waals surface area (Å²) in [7, 11) is 3.18. The van der Waals surface area contributed by atoms with E-state index in [0.717, 1.165) is 11.1 Å². The average Bonchev–Trinajstić information content (AvgIpc) is 2.46. The van der Waals surface area contributed by atoms with Crippen LogP contribution in [0.25, 0.3) is 0 Å². The number of methoxy groups -OCH3 is 2. The largest absolute Gasteiger partial charge is 0.497 e. The fourth-order valence-corrected chi connectivity index (χ4v) is 2.78. The zero-order valence-corrected chi connectivity index (χ0v) is 13.2. The summed E-state index contributed by atoms with van der Waals surface area (Å²) < 4.78 is 24.6. The molecule has 0 aliphatic carbocycles. The highest BCUT2D eigenvalue weighted by molar-refractivity contribution is 9.09. The van der Waals surface area contributed by atoms with Gasteiger partial charge in [0, 0.05) is 17.2 Å². The van der Waals surface area contributed by atoms with E-state index >= 15 is 0 Å². The van der Waals surface area contributed by atoms with Crippen molar-refractivity contribution in [3.63, 3.8) is 0 Å². The molecule has 0 amide bonds. The van der Waals surface area contributed by atoms with E-state index in [1.165, 1.54) is 6.07 Å². The first-order chi connectivity index (χ1) is 9.56. The smallest absolute Gasteiger partial charge is 0.128 e. The maximum Gasteiger partial charge on any atom is 0.128 e. The quantitative estimate of drug-likeness (QED) is 0.756. The third-order valence-electron chi connectivity index (χ3n) is 3.14. The van der Waals surface area contributed by atoms with Gasteiger partial charge in [-0.2, -0.15) is 0 Å². The molecule has 4 heteroatoms. The maximum atomic E-state index is 14.1. The van der Waals surface area contributed by atoms with Crippen molar-refractivity contribution in [1.82, 2.24) is 0 Å². The summed E-state index contributed by atoms with van der Waals surface area (Å²) in [6, 6.07) is 10.7. The number of halogens is 2. The lowest BCUT2D eigenvalue weighted by molar-refractivity contribution is 0.391. The highest BCUT2D eigenvalue weighted by Gasteiger charge is 2.19. The van der Waals surface area contributed by atoms with Crippen molar-refractivity contribution >= 4 is 15.9 Å². The Morgan fingerprint density at radius 3 is 2.30 bits per heavy atom. The molecule has 0 fully saturated rings. The number of hydrogen-bond donors (Lipinski definition) is 0. The van der Waals surface area contributed by atoms with E-state index in [1.54, 1.807) is 26.4 Å². The predicted octanol–water partition coefficient (Wildman–Crippen LogP) is 4.64. The van der Waals surface area contributed by atoms with E-state index in [1.807, 2.05) is 25.1 Å². The monoisotopic (exact) mass is 338 g/mol. The Hall–Kier alpha value is -1.55. The van der Waals surface area contributed by atoms with Crippen molar-refractivity contribution in [3.05, 3.63) is 58.9 Å². The first-order valence-corrected chi connectivity index (χ1v) is 7.10. The van der Waals surface area contributed by atoms with Crippen molar-refractivity contribution in [1.29, 1.82) is 0 Å². The molecule has 0 radical (unpaired) electrons. The van der Waals surface area contributed by atoms with Gasteiger partial charge in [0.15, 0.2) is 0 Å². The molecule has 106 valence electrons. The van der Waals surface area contributed by atoms with Gasteiger partial charge in [0.05, 0.1) is 19.0 Å². The molecule has 0 saturated heterocycles. The fourth-order valence-electron chi connectivity index (χ4n) is 2.03. The lowest BCUT2D eigenvalue weighted by Crippen LogP contribution is -2.00. The van der Waals surface area contributed by atoms with Gasteiger partial charge in [-0.25, -0.2) is 4.39 Å². The molecule has 2 aromatic rings. The van der Waals surface area contributed by atoms with E-state index in [0.29, 0.717) is 17.1 Å². The highest BCUT2D eigenvalue weighted by Crippen LogP contribution is 2.39. The summed E-state index contributed by atoms with van der Waals surface area (Å²) >= 11 is 3.55. The van der Waals surface area contributed by atoms with Gasteiger partial charge in [0.1, 0.15) is 17.3 Å². The van der Waals surface area contributed by atoms with Crippen molar-refractivity contribution in [2.24, 2.45) is 0 Å². The van der Waals surface area contributed by atoms with Crippen LogP contribution in [0.4, 0.5) is 4.39 Å². The molecule has 2 aromatic carbocycles. The van der Waals surface area contributed by atoms with Gasteiger partial charge >= 0.3 is 0 Å². The normalized spacial score (nSPS) is 12.1. The van der Waals surface area contributed by atoms with Crippen LogP contribution in [0.1, 0.15) is 21.5 Å². The van der Waals surface area contributed by atoms with Crippen molar-refractivity contribution < 1.29 is 13.9 Å². The average molecular weight is 339 g/mol. The Bertz CT molecular complexity index is 613. The lowest BCUT2D eigenvalue weighted by Gasteiger charge is -2.16. The van der Waals surface area contributed by atoms with Crippen molar-refractivity contribution in [2.75, 3.05) is 14.2 Å². The molecule has 0 heterocycles. The van der Waals surface area contributed by atoms with Crippen LogP contribution in [-0.4, -0.2) is 14.2 Å². The van der Waals surface area contributed by atoms with Crippen LogP contribution in [0.2, 0.25) is 0 Å². The Balaban J connectivity index is 2.44. The van der Waals surface area contributed by atoms with Crippen LogP contribution in [0.3, 0.4) is 0 Å². The van der Waals surface area contributed by atoms with Gasteiger partial charge < -0.3 is 9.47 Å². The zero-order chi connectivity index (χ0) is 14.7. The number of alkyl halides is 1. The fraction of sp³-hybridized carbons (Fsp3) is 0.250. The van der Waals surface area contributed by atoms with E-state index < -0.39 is 0 Å². The molecule has 0 aliphatic rings. The van der Waals surface area contributed by atoms with Gasteiger partial charge in [0.25, 0.3) is 0 Å². The highest BCUT2D eigenvalue weighted by atomic mass is 79.9. The third-order valence-corrected chi connectivity index (χ3v) is 4.13. The molecule has 0 aromatic heterocycles. The summed E-state index contributed by atoms with van der Waals surface area (Å²) in [6.45, 7) is 1.87. The van der Waals surface area contributed by atoms with Gasteiger partial charge in [-0.15, -0.1) is 0 Å². The molecule has 0 saturated carbocycles. The van der Waals surface area contributed by atoms with E-state index in [-0.39, 0.29) is 10.6 Å². The molecule has 2 rings (SSSR count). The molecule has 1 atom stereocenters.